The van der Waals surface area contributed by atoms with Crippen molar-refractivity contribution in [3.8, 4) is 0 Å². The first kappa shape index (κ1) is 6.81. The third-order valence-electron chi connectivity index (χ3n) is 1.17. The van der Waals surface area contributed by atoms with Gasteiger partial charge in [0.25, 0.3) is 0 Å². The molecule has 56 valence electrons. The Kier molecular flexibility index (Phi) is 1.72. The van der Waals surface area contributed by atoms with Crippen LogP contribution in [0.25, 0.3) is 0 Å². The second-order valence-corrected chi connectivity index (χ2v) is 1.84. The first-order chi connectivity index (χ1) is 4.74. The van der Waals surface area contributed by atoms with Crippen LogP contribution in [-0.2, 0) is 9.63 Å². The molecule has 10 heavy (non-hydrogen) atoms. The molecule has 1 rings (SSSR count). The van der Waals surface area contributed by atoms with Gasteiger partial charge < -0.3 is 15.5 Å². The molecule has 1 atom stereocenters. The summed E-state index contributed by atoms with van der Waals surface area (Å²) in [7, 11) is 0. The molecular formula is C4H7N3O3. The highest BCUT2D eigenvalue weighted by Gasteiger charge is 2.27. The monoisotopic (exact) mass is 145 g/mol. The molecular weight excluding hydrogens is 138 g/mol. The summed E-state index contributed by atoms with van der Waals surface area (Å²) in [4.78, 5) is 24.8. The second kappa shape index (κ2) is 2.53. The number of hydrogen-bond acceptors (Lipinski definition) is 4. The Hall–Kier alpha value is -1.30. The van der Waals surface area contributed by atoms with Gasteiger partial charge in [0, 0.05) is 0 Å². The molecule has 0 aromatic rings. The van der Waals surface area contributed by atoms with Crippen molar-refractivity contribution in [1.82, 2.24) is 10.6 Å². The molecule has 1 heterocycles. The predicted octanol–water partition coefficient (Wildman–Crippen LogP) is -1.92. The average molecular weight is 145 g/mol. The fourth-order valence-electron chi connectivity index (χ4n) is 0.679. The molecule has 0 spiro atoms. The van der Waals surface area contributed by atoms with E-state index in [1.165, 1.54) is 0 Å². The normalized spacial score (nSPS) is 23.3. The van der Waals surface area contributed by atoms with Gasteiger partial charge in [0.1, 0.15) is 6.04 Å². The minimum absolute atomic E-state index is 0.231. The molecule has 0 aliphatic carbocycles. The summed E-state index contributed by atoms with van der Waals surface area (Å²) in [6.07, 6.45) is 0. The Labute approximate surface area is 56.7 Å². The summed E-state index contributed by atoms with van der Waals surface area (Å²) < 4.78 is 0. The molecule has 0 aromatic carbocycles. The number of nitrogens with two attached hydrogens (primary N) is 1. The lowest BCUT2D eigenvalue weighted by molar-refractivity contribution is -0.145. The van der Waals surface area contributed by atoms with E-state index in [1.54, 1.807) is 0 Å². The van der Waals surface area contributed by atoms with Gasteiger partial charge in [0.2, 0.25) is 0 Å². The SMILES string of the molecule is NOC(=O)C1CNC(=O)N1. The number of rotatable bonds is 1. The van der Waals surface area contributed by atoms with E-state index in [-0.39, 0.29) is 12.6 Å². The quantitative estimate of drug-likeness (QED) is 0.375. The topological polar surface area (TPSA) is 93.4 Å². The van der Waals surface area contributed by atoms with E-state index in [9.17, 15) is 9.59 Å². The van der Waals surface area contributed by atoms with Crippen molar-refractivity contribution < 1.29 is 14.4 Å². The van der Waals surface area contributed by atoms with Crippen LogP contribution in [0.4, 0.5) is 4.79 Å². The molecule has 1 unspecified atom stereocenters. The largest absolute Gasteiger partial charge is 0.372 e. The Morgan fingerprint density at radius 3 is 2.90 bits per heavy atom. The standard InChI is InChI=1S/C4H7N3O3/c5-10-3(8)2-1-6-4(9)7-2/h2H,1,5H2,(H2,6,7,9). The zero-order valence-corrected chi connectivity index (χ0v) is 5.09. The number of amides is 2. The van der Waals surface area contributed by atoms with Gasteiger partial charge in [-0.1, -0.05) is 0 Å². The van der Waals surface area contributed by atoms with Gasteiger partial charge in [0.05, 0.1) is 6.54 Å². The van der Waals surface area contributed by atoms with Gasteiger partial charge in [-0.3, -0.25) is 0 Å². The maximum absolute atomic E-state index is 10.6. The van der Waals surface area contributed by atoms with Gasteiger partial charge >= 0.3 is 12.0 Å². The van der Waals surface area contributed by atoms with Crippen LogP contribution < -0.4 is 16.5 Å². The highest BCUT2D eigenvalue weighted by Crippen LogP contribution is 1.90. The molecule has 1 fully saturated rings. The van der Waals surface area contributed by atoms with Crippen molar-refractivity contribution >= 4 is 12.0 Å². The van der Waals surface area contributed by atoms with Gasteiger partial charge in [-0.05, 0) is 0 Å². The minimum Gasteiger partial charge on any atom is -0.372 e. The van der Waals surface area contributed by atoms with Crippen molar-refractivity contribution in [2.24, 2.45) is 5.90 Å². The Balaban J connectivity index is 2.44. The van der Waals surface area contributed by atoms with Crippen LogP contribution in [0.15, 0.2) is 0 Å². The summed E-state index contributed by atoms with van der Waals surface area (Å²) in [5.74, 6) is 3.93. The minimum atomic E-state index is -0.641. The number of hydrogen-bond donors (Lipinski definition) is 3. The van der Waals surface area contributed by atoms with E-state index < -0.39 is 12.0 Å². The molecule has 0 radical (unpaired) electrons. The lowest BCUT2D eigenvalue weighted by Gasteiger charge is -2.02. The zero-order chi connectivity index (χ0) is 7.56. The molecule has 0 aromatic heterocycles. The third kappa shape index (κ3) is 1.16. The van der Waals surface area contributed by atoms with Crippen molar-refractivity contribution in [1.29, 1.82) is 0 Å². The van der Waals surface area contributed by atoms with Crippen LogP contribution in [0.5, 0.6) is 0 Å². The predicted molar refractivity (Wildman–Crippen MR) is 30.6 cm³/mol. The molecule has 1 aliphatic heterocycles. The van der Waals surface area contributed by atoms with Crippen molar-refractivity contribution in [2.45, 2.75) is 6.04 Å². The van der Waals surface area contributed by atoms with E-state index >= 15 is 0 Å². The van der Waals surface area contributed by atoms with Crippen molar-refractivity contribution in [3.05, 3.63) is 0 Å². The average Bonchev–Trinajstić information content (AvgIpc) is 2.34. The third-order valence-corrected chi connectivity index (χ3v) is 1.17. The fraction of sp³-hybridized carbons (Fsp3) is 0.500. The molecule has 1 aliphatic rings. The molecule has 0 bridgehead atoms. The first-order valence-electron chi connectivity index (χ1n) is 2.69. The zero-order valence-electron chi connectivity index (χ0n) is 5.09. The highest BCUT2D eigenvalue weighted by molar-refractivity contribution is 5.87. The maximum atomic E-state index is 10.6. The van der Waals surface area contributed by atoms with Crippen LogP contribution in [-0.4, -0.2) is 24.6 Å². The lowest BCUT2D eigenvalue weighted by Crippen LogP contribution is -2.37. The molecule has 6 heteroatoms. The van der Waals surface area contributed by atoms with E-state index in [1.807, 2.05) is 0 Å². The summed E-state index contributed by atoms with van der Waals surface area (Å²) in [6.45, 7) is 0.231. The Morgan fingerprint density at radius 2 is 2.50 bits per heavy atom. The van der Waals surface area contributed by atoms with Gasteiger partial charge in [-0.15, -0.1) is 0 Å². The van der Waals surface area contributed by atoms with Crippen LogP contribution >= 0.6 is 0 Å². The van der Waals surface area contributed by atoms with E-state index in [2.05, 4.69) is 21.4 Å². The lowest BCUT2D eigenvalue weighted by atomic mass is 10.3. The molecule has 4 N–H and O–H groups in total. The molecule has 6 nitrogen and oxygen atoms in total. The van der Waals surface area contributed by atoms with E-state index in [0.717, 1.165) is 0 Å². The number of urea groups is 1. The van der Waals surface area contributed by atoms with E-state index in [0.29, 0.717) is 0 Å². The van der Waals surface area contributed by atoms with Crippen LogP contribution in [0.2, 0.25) is 0 Å². The van der Waals surface area contributed by atoms with Crippen LogP contribution in [0, 0.1) is 0 Å². The number of nitrogens with one attached hydrogen (secondary N) is 2. The number of carbonyl (C=O) groups excluding carboxylic acids is 2. The van der Waals surface area contributed by atoms with Gasteiger partial charge in [-0.25, -0.2) is 9.59 Å². The van der Waals surface area contributed by atoms with Crippen molar-refractivity contribution in [3.63, 3.8) is 0 Å². The summed E-state index contributed by atoms with van der Waals surface area (Å²) >= 11 is 0. The van der Waals surface area contributed by atoms with Crippen LogP contribution in [0.3, 0.4) is 0 Å². The summed E-state index contributed by atoms with van der Waals surface area (Å²) in [5.41, 5.74) is 0. The van der Waals surface area contributed by atoms with Gasteiger partial charge in [-0.2, -0.15) is 5.90 Å². The van der Waals surface area contributed by atoms with Crippen molar-refractivity contribution in [2.75, 3.05) is 6.54 Å². The smallest absolute Gasteiger partial charge is 0.348 e. The maximum Gasteiger partial charge on any atom is 0.348 e. The first-order valence-corrected chi connectivity index (χ1v) is 2.69. The summed E-state index contributed by atoms with van der Waals surface area (Å²) in [6, 6.07) is -1.02. The molecule has 1 saturated heterocycles. The second-order valence-electron chi connectivity index (χ2n) is 1.84. The Morgan fingerprint density at radius 1 is 1.80 bits per heavy atom. The molecule has 0 saturated carbocycles. The van der Waals surface area contributed by atoms with Gasteiger partial charge in [0.15, 0.2) is 0 Å². The molecule has 2 amide bonds. The highest BCUT2D eigenvalue weighted by atomic mass is 16.7. The Bertz CT molecular complexity index is 169. The fourth-order valence-corrected chi connectivity index (χ4v) is 0.679. The van der Waals surface area contributed by atoms with E-state index in [4.69, 9.17) is 0 Å². The summed E-state index contributed by atoms with van der Waals surface area (Å²) in [5, 5.41) is 4.68. The number of carbonyl (C=O) groups is 2. The van der Waals surface area contributed by atoms with Crippen LogP contribution in [0.1, 0.15) is 0 Å².